The molecular weight excluding hydrogens is 302 g/mol. The molecule has 6 nitrogen and oxygen atoms in total. The lowest BCUT2D eigenvalue weighted by Gasteiger charge is -2.30. The Morgan fingerprint density at radius 2 is 2.12 bits per heavy atom. The third kappa shape index (κ3) is 2.82. The van der Waals surface area contributed by atoms with E-state index in [0.717, 1.165) is 67.7 Å². The number of hydrogen-bond donors (Lipinski definition) is 0. The molecule has 24 heavy (non-hydrogen) atoms. The van der Waals surface area contributed by atoms with Crippen molar-refractivity contribution in [3.63, 3.8) is 0 Å². The highest BCUT2D eigenvalue weighted by Gasteiger charge is 2.26. The minimum Gasteiger partial charge on any atom is -0.440 e. The molecule has 0 radical (unpaired) electrons. The van der Waals surface area contributed by atoms with Gasteiger partial charge in [0.1, 0.15) is 17.2 Å². The fraction of sp³-hybridized carbons (Fsp3) is 0.500. The molecule has 1 atom stereocenters. The van der Waals surface area contributed by atoms with Gasteiger partial charge in [-0.3, -0.25) is 4.90 Å². The van der Waals surface area contributed by atoms with E-state index < -0.39 is 0 Å². The molecule has 1 aromatic carbocycles. The van der Waals surface area contributed by atoms with Gasteiger partial charge in [0.2, 0.25) is 0 Å². The molecule has 1 unspecified atom stereocenters. The van der Waals surface area contributed by atoms with Crippen molar-refractivity contribution in [2.24, 2.45) is 0 Å². The van der Waals surface area contributed by atoms with E-state index >= 15 is 0 Å². The summed E-state index contributed by atoms with van der Waals surface area (Å²) in [6.07, 6.45) is 2.28. The second kappa shape index (κ2) is 6.36. The summed E-state index contributed by atoms with van der Waals surface area (Å²) in [4.78, 5) is 7.13. The Bertz CT molecular complexity index is 804. The van der Waals surface area contributed by atoms with Crippen LogP contribution >= 0.6 is 0 Å². The van der Waals surface area contributed by atoms with Crippen LogP contribution in [0, 0.1) is 6.92 Å². The SMILES string of the molecule is CCn1c(C)nnc1CN1CCCC(c2nc3ccccc3o2)C1. The van der Waals surface area contributed by atoms with Gasteiger partial charge in [0.05, 0.1) is 6.54 Å². The van der Waals surface area contributed by atoms with Gasteiger partial charge in [0.25, 0.3) is 0 Å². The fourth-order valence-electron chi connectivity index (χ4n) is 3.62. The van der Waals surface area contributed by atoms with E-state index in [9.17, 15) is 0 Å². The molecule has 126 valence electrons. The van der Waals surface area contributed by atoms with Gasteiger partial charge in [-0.05, 0) is 45.4 Å². The van der Waals surface area contributed by atoms with E-state index in [0.29, 0.717) is 5.92 Å². The number of rotatable bonds is 4. The average Bonchev–Trinajstić information content (AvgIpc) is 3.18. The number of oxazole rings is 1. The zero-order valence-corrected chi connectivity index (χ0v) is 14.3. The summed E-state index contributed by atoms with van der Waals surface area (Å²) in [6, 6.07) is 7.99. The Balaban J connectivity index is 1.51. The number of fused-ring (bicyclic) bond motifs is 1. The number of aromatic nitrogens is 4. The van der Waals surface area contributed by atoms with Gasteiger partial charge in [0, 0.05) is 19.0 Å². The van der Waals surface area contributed by atoms with Crippen LogP contribution in [0.1, 0.15) is 43.2 Å². The molecular formula is C18H23N5O. The molecule has 3 heterocycles. The van der Waals surface area contributed by atoms with Crippen molar-refractivity contribution in [3.8, 4) is 0 Å². The Hall–Kier alpha value is -2.21. The summed E-state index contributed by atoms with van der Waals surface area (Å²) in [7, 11) is 0. The molecule has 0 spiro atoms. The summed E-state index contributed by atoms with van der Waals surface area (Å²) in [6.45, 7) is 7.95. The Kier molecular flexibility index (Phi) is 4.06. The van der Waals surface area contributed by atoms with Gasteiger partial charge in [0.15, 0.2) is 11.5 Å². The highest BCUT2D eigenvalue weighted by atomic mass is 16.3. The largest absolute Gasteiger partial charge is 0.440 e. The van der Waals surface area contributed by atoms with Crippen LogP contribution < -0.4 is 0 Å². The van der Waals surface area contributed by atoms with Crippen LogP contribution in [0.2, 0.25) is 0 Å². The number of likely N-dealkylation sites (tertiary alicyclic amines) is 1. The minimum absolute atomic E-state index is 0.352. The number of aryl methyl sites for hydroxylation is 1. The lowest BCUT2D eigenvalue weighted by atomic mass is 9.98. The van der Waals surface area contributed by atoms with E-state index in [-0.39, 0.29) is 0 Å². The van der Waals surface area contributed by atoms with Crippen molar-refractivity contribution in [3.05, 3.63) is 41.8 Å². The van der Waals surface area contributed by atoms with E-state index in [1.165, 1.54) is 0 Å². The van der Waals surface area contributed by atoms with E-state index in [1.807, 2.05) is 31.2 Å². The molecule has 1 saturated heterocycles. The molecule has 1 aliphatic heterocycles. The molecule has 0 bridgehead atoms. The van der Waals surface area contributed by atoms with Gasteiger partial charge in [-0.15, -0.1) is 10.2 Å². The monoisotopic (exact) mass is 325 g/mol. The maximum atomic E-state index is 5.98. The predicted molar refractivity (Wildman–Crippen MR) is 91.7 cm³/mol. The van der Waals surface area contributed by atoms with Crippen LogP contribution in [0.15, 0.2) is 28.7 Å². The summed E-state index contributed by atoms with van der Waals surface area (Å²) >= 11 is 0. The van der Waals surface area contributed by atoms with Gasteiger partial charge in [-0.2, -0.15) is 0 Å². The first kappa shape index (κ1) is 15.3. The van der Waals surface area contributed by atoms with Crippen molar-refractivity contribution in [2.75, 3.05) is 13.1 Å². The van der Waals surface area contributed by atoms with Crippen LogP contribution in [0.3, 0.4) is 0 Å². The number of benzene rings is 1. The number of piperidine rings is 1. The molecule has 2 aromatic heterocycles. The topological polar surface area (TPSA) is 60.0 Å². The molecule has 0 saturated carbocycles. The number of para-hydroxylation sites is 2. The fourth-order valence-corrected chi connectivity index (χ4v) is 3.62. The van der Waals surface area contributed by atoms with E-state index in [2.05, 4.69) is 31.6 Å². The van der Waals surface area contributed by atoms with Gasteiger partial charge >= 0.3 is 0 Å². The summed E-state index contributed by atoms with van der Waals surface area (Å²) < 4.78 is 8.17. The number of nitrogens with zero attached hydrogens (tertiary/aromatic N) is 5. The normalized spacial score (nSPS) is 19.2. The summed E-state index contributed by atoms with van der Waals surface area (Å²) in [5, 5.41) is 8.56. The van der Waals surface area contributed by atoms with Crippen molar-refractivity contribution < 1.29 is 4.42 Å². The summed E-state index contributed by atoms with van der Waals surface area (Å²) in [5.41, 5.74) is 1.83. The minimum atomic E-state index is 0.352. The predicted octanol–water partition coefficient (Wildman–Crippen LogP) is 3.13. The zero-order chi connectivity index (χ0) is 16.5. The molecule has 1 aliphatic rings. The summed E-state index contributed by atoms with van der Waals surface area (Å²) in [5.74, 6) is 3.26. The van der Waals surface area contributed by atoms with Crippen LogP contribution in [-0.2, 0) is 13.1 Å². The van der Waals surface area contributed by atoms with E-state index in [4.69, 9.17) is 4.42 Å². The van der Waals surface area contributed by atoms with Crippen molar-refractivity contribution >= 4 is 11.1 Å². The van der Waals surface area contributed by atoms with Crippen LogP contribution in [0.4, 0.5) is 0 Å². The second-order valence-electron chi connectivity index (χ2n) is 6.50. The third-order valence-electron chi connectivity index (χ3n) is 4.86. The first-order valence-corrected chi connectivity index (χ1v) is 8.71. The standard InChI is InChI=1S/C18H23N5O/c1-3-23-13(2)20-21-17(23)12-22-10-6-7-14(11-22)18-19-15-8-4-5-9-16(15)24-18/h4-5,8-9,14H,3,6-7,10-12H2,1-2H3. The van der Waals surface area contributed by atoms with Crippen molar-refractivity contribution in [1.29, 1.82) is 0 Å². The molecule has 0 N–H and O–H groups in total. The molecule has 0 aliphatic carbocycles. The lowest BCUT2D eigenvalue weighted by molar-refractivity contribution is 0.181. The zero-order valence-electron chi connectivity index (χ0n) is 14.3. The highest BCUT2D eigenvalue weighted by molar-refractivity contribution is 5.72. The molecule has 3 aromatic rings. The van der Waals surface area contributed by atoms with Crippen molar-refractivity contribution in [2.45, 2.75) is 45.7 Å². The van der Waals surface area contributed by atoms with E-state index in [1.54, 1.807) is 0 Å². The van der Waals surface area contributed by atoms with Gasteiger partial charge in [-0.25, -0.2) is 4.98 Å². The average molecular weight is 325 g/mol. The van der Waals surface area contributed by atoms with Crippen molar-refractivity contribution in [1.82, 2.24) is 24.6 Å². The molecule has 4 rings (SSSR count). The molecule has 6 heteroatoms. The van der Waals surface area contributed by atoms with Gasteiger partial charge < -0.3 is 8.98 Å². The highest BCUT2D eigenvalue weighted by Crippen LogP contribution is 2.29. The third-order valence-corrected chi connectivity index (χ3v) is 4.86. The first-order chi connectivity index (χ1) is 11.7. The van der Waals surface area contributed by atoms with Crippen LogP contribution in [0.25, 0.3) is 11.1 Å². The molecule has 1 fully saturated rings. The second-order valence-corrected chi connectivity index (χ2v) is 6.50. The van der Waals surface area contributed by atoms with Crippen LogP contribution in [-0.4, -0.2) is 37.7 Å². The maximum absolute atomic E-state index is 5.98. The Morgan fingerprint density at radius 3 is 2.96 bits per heavy atom. The maximum Gasteiger partial charge on any atom is 0.199 e. The molecule has 0 amide bonds. The quantitative estimate of drug-likeness (QED) is 0.737. The first-order valence-electron chi connectivity index (χ1n) is 8.71. The lowest BCUT2D eigenvalue weighted by Crippen LogP contribution is -2.34. The van der Waals surface area contributed by atoms with Crippen LogP contribution in [0.5, 0.6) is 0 Å². The Morgan fingerprint density at radius 1 is 1.25 bits per heavy atom. The smallest absolute Gasteiger partial charge is 0.199 e. The number of hydrogen-bond acceptors (Lipinski definition) is 5. The Labute approximate surface area is 141 Å². The van der Waals surface area contributed by atoms with Gasteiger partial charge in [-0.1, -0.05) is 12.1 Å².